The van der Waals surface area contributed by atoms with Gasteiger partial charge in [0.1, 0.15) is 0 Å². The Morgan fingerprint density at radius 3 is 2.22 bits per heavy atom. The summed E-state index contributed by atoms with van der Waals surface area (Å²) in [6.07, 6.45) is 2.42. The van der Waals surface area contributed by atoms with Crippen molar-refractivity contribution in [3.8, 4) is 11.5 Å². The van der Waals surface area contributed by atoms with Crippen molar-refractivity contribution in [1.82, 2.24) is 4.57 Å². The number of hydrogen-bond donors (Lipinski definition) is 0. The number of rotatable bonds is 7. The number of pyridine rings is 1. The number of aryl methyl sites for hydroxylation is 3. The molecule has 0 atom stereocenters. The van der Waals surface area contributed by atoms with Crippen molar-refractivity contribution >= 4 is 16.7 Å². The zero-order valence-corrected chi connectivity index (χ0v) is 18.4. The molecule has 4 rings (SSSR count). The number of nitrogens with zero attached hydrogens (tertiary/aromatic N) is 1. The second-order valence-electron chi connectivity index (χ2n) is 7.72. The van der Waals surface area contributed by atoms with E-state index in [9.17, 15) is 9.59 Å². The topological polar surface area (TPSA) is 57.5 Å². The molecular weight excluding hydrogens is 402 g/mol. The summed E-state index contributed by atoms with van der Waals surface area (Å²) in [7, 11) is 3.09. The Kier molecular flexibility index (Phi) is 6.08. The van der Waals surface area contributed by atoms with Crippen molar-refractivity contribution in [1.29, 1.82) is 0 Å². The molecule has 3 aromatic carbocycles. The molecule has 0 spiro atoms. The van der Waals surface area contributed by atoms with Gasteiger partial charge in [0.05, 0.1) is 30.7 Å². The van der Waals surface area contributed by atoms with Crippen molar-refractivity contribution in [3.63, 3.8) is 0 Å². The van der Waals surface area contributed by atoms with Gasteiger partial charge >= 0.3 is 0 Å². The Balaban J connectivity index is 1.88. The van der Waals surface area contributed by atoms with Crippen LogP contribution in [-0.4, -0.2) is 24.6 Å². The van der Waals surface area contributed by atoms with Crippen LogP contribution in [0.1, 0.15) is 27.0 Å². The van der Waals surface area contributed by atoms with E-state index in [0.29, 0.717) is 34.5 Å². The van der Waals surface area contributed by atoms with Gasteiger partial charge < -0.3 is 14.0 Å². The first kappa shape index (κ1) is 21.4. The second-order valence-corrected chi connectivity index (χ2v) is 7.72. The molecule has 1 aromatic heterocycles. The van der Waals surface area contributed by atoms with Gasteiger partial charge in [-0.2, -0.15) is 0 Å². The van der Waals surface area contributed by atoms with E-state index in [1.165, 1.54) is 12.7 Å². The second kappa shape index (κ2) is 9.10. The summed E-state index contributed by atoms with van der Waals surface area (Å²) in [5.41, 5.74) is 3.23. The quantitative estimate of drug-likeness (QED) is 0.398. The summed E-state index contributed by atoms with van der Waals surface area (Å²) in [4.78, 5) is 26.6. The lowest BCUT2D eigenvalue weighted by molar-refractivity contribution is 0.103. The van der Waals surface area contributed by atoms with Crippen LogP contribution in [0.3, 0.4) is 0 Å². The number of hydrogen-bond acceptors (Lipinski definition) is 4. The van der Waals surface area contributed by atoms with Crippen LogP contribution in [0.2, 0.25) is 0 Å². The number of carbonyl (C=O) groups is 1. The number of carbonyl (C=O) groups excluding carboxylic acids is 1. The van der Waals surface area contributed by atoms with E-state index < -0.39 is 0 Å². The lowest BCUT2D eigenvalue weighted by Crippen LogP contribution is -2.20. The molecule has 4 aromatic rings. The smallest absolute Gasteiger partial charge is 0.200 e. The summed E-state index contributed by atoms with van der Waals surface area (Å²) >= 11 is 0. The Hall–Kier alpha value is -3.86. The van der Waals surface area contributed by atoms with Gasteiger partial charge in [0.15, 0.2) is 17.3 Å². The average molecular weight is 428 g/mol. The number of benzene rings is 3. The monoisotopic (exact) mass is 427 g/mol. The summed E-state index contributed by atoms with van der Waals surface area (Å²) in [6, 6.07) is 20.8. The highest BCUT2D eigenvalue weighted by Crippen LogP contribution is 2.31. The van der Waals surface area contributed by atoms with Crippen LogP contribution in [0.25, 0.3) is 10.9 Å². The predicted molar refractivity (Wildman–Crippen MR) is 126 cm³/mol. The molecule has 32 heavy (non-hydrogen) atoms. The van der Waals surface area contributed by atoms with Crippen molar-refractivity contribution in [2.75, 3.05) is 14.2 Å². The SMILES string of the molecule is COc1cc2c(=O)c(C(=O)c3ccc(C)cc3)cn(CCc3ccccc3)c2cc1OC. The number of methoxy groups -OCH3 is 2. The number of ether oxygens (including phenoxy) is 2. The van der Waals surface area contributed by atoms with E-state index in [4.69, 9.17) is 9.47 Å². The molecule has 0 amide bonds. The van der Waals surface area contributed by atoms with Crippen molar-refractivity contribution < 1.29 is 14.3 Å². The maximum atomic E-state index is 13.4. The van der Waals surface area contributed by atoms with Crippen LogP contribution in [-0.2, 0) is 13.0 Å². The molecule has 0 unspecified atom stereocenters. The normalized spacial score (nSPS) is 10.8. The van der Waals surface area contributed by atoms with Gasteiger partial charge in [-0.25, -0.2) is 0 Å². The Bertz CT molecular complexity index is 1320. The average Bonchev–Trinajstić information content (AvgIpc) is 2.83. The van der Waals surface area contributed by atoms with Gasteiger partial charge in [0.25, 0.3) is 0 Å². The van der Waals surface area contributed by atoms with E-state index in [1.807, 2.05) is 41.8 Å². The van der Waals surface area contributed by atoms with Gasteiger partial charge in [-0.15, -0.1) is 0 Å². The Morgan fingerprint density at radius 1 is 0.906 bits per heavy atom. The number of aromatic nitrogens is 1. The zero-order chi connectivity index (χ0) is 22.7. The highest BCUT2D eigenvalue weighted by molar-refractivity contribution is 6.10. The summed E-state index contributed by atoms with van der Waals surface area (Å²) in [5.74, 6) is 0.692. The van der Waals surface area contributed by atoms with Crippen LogP contribution in [0.5, 0.6) is 11.5 Å². The molecule has 0 aliphatic rings. The summed E-state index contributed by atoms with van der Waals surface area (Å²) < 4.78 is 12.8. The van der Waals surface area contributed by atoms with E-state index in [1.54, 1.807) is 37.6 Å². The van der Waals surface area contributed by atoms with Gasteiger partial charge in [0, 0.05) is 24.4 Å². The van der Waals surface area contributed by atoms with Gasteiger partial charge in [-0.1, -0.05) is 60.2 Å². The summed E-state index contributed by atoms with van der Waals surface area (Å²) in [5, 5.41) is 0.425. The molecule has 0 saturated carbocycles. The first-order valence-corrected chi connectivity index (χ1v) is 10.5. The van der Waals surface area contributed by atoms with Gasteiger partial charge in [-0.05, 0) is 25.0 Å². The van der Waals surface area contributed by atoms with Crippen LogP contribution >= 0.6 is 0 Å². The van der Waals surface area contributed by atoms with Gasteiger partial charge in [-0.3, -0.25) is 9.59 Å². The van der Waals surface area contributed by atoms with E-state index in [2.05, 4.69) is 12.1 Å². The van der Waals surface area contributed by atoms with Crippen LogP contribution < -0.4 is 14.9 Å². The maximum absolute atomic E-state index is 13.4. The fourth-order valence-corrected chi connectivity index (χ4v) is 3.82. The fourth-order valence-electron chi connectivity index (χ4n) is 3.82. The van der Waals surface area contributed by atoms with E-state index in [0.717, 1.165) is 12.0 Å². The fraction of sp³-hybridized carbons (Fsp3) is 0.185. The minimum Gasteiger partial charge on any atom is -0.493 e. The maximum Gasteiger partial charge on any atom is 0.200 e. The minimum absolute atomic E-state index is 0.140. The highest BCUT2D eigenvalue weighted by atomic mass is 16.5. The Morgan fingerprint density at radius 2 is 1.56 bits per heavy atom. The third-order valence-electron chi connectivity index (χ3n) is 5.63. The molecule has 0 saturated heterocycles. The first-order chi connectivity index (χ1) is 15.5. The molecule has 0 bridgehead atoms. The van der Waals surface area contributed by atoms with Crippen molar-refractivity contribution in [2.45, 2.75) is 19.9 Å². The molecule has 0 aliphatic carbocycles. The van der Waals surface area contributed by atoms with Crippen LogP contribution in [0.15, 0.2) is 77.7 Å². The molecule has 5 nitrogen and oxygen atoms in total. The van der Waals surface area contributed by atoms with E-state index >= 15 is 0 Å². The molecule has 5 heteroatoms. The van der Waals surface area contributed by atoms with E-state index in [-0.39, 0.29) is 16.8 Å². The lowest BCUT2D eigenvalue weighted by atomic mass is 10.0. The van der Waals surface area contributed by atoms with Crippen LogP contribution in [0, 0.1) is 6.92 Å². The zero-order valence-electron chi connectivity index (χ0n) is 18.4. The molecule has 0 fully saturated rings. The molecule has 0 radical (unpaired) electrons. The third-order valence-corrected chi connectivity index (χ3v) is 5.63. The van der Waals surface area contributed by atoms with Crippen molar-refractivity contribution in [3.05, 3.63) is 105 Å². The van der Waals surface area contributed by atoms with Crippen molar-refractivity contribution in [2.24, 2.45) is 0 Å². The molecule has 1 heterocycles. The number of fused-ring (bicyclic) bond motifs is 1. The molecule has 0 aliphatic heterocycles. The minimum atomic E-state index is -0.317. The highest BCUT2D eigenvalue weighted by Gasteiger charge is 2.19. The summed E-state index contributed by atoms with van der Waals surface area (Å²) in [6.45, 7) is 2.56. The van der Waals surface area contributed by atoms with Crippen LogP contribution in [0.4, 0.5) is 0 Å². The largest absolute Gasteiger partial charge is 0.493 e. The predicted octanol–water partition coefficient (Wildman–Crippen LogP) is 4.80. The Labute approximate surface area is 186 Å². The lowest BCUT2D eigenvalue weighted by Gasteiger charge is -2.16. The first-order valence-electron chi connectivity index (χ1n) is 10.5. The standard InChI is InChI=1S/C27H25NO4/c1-18-9-11-20(12-10-18)26(29)22-17-28(14-13-19-7-5-4-6-8-19)23-16-25(32-3)24(31-2)15-21(23)27(22)30/h4-12,15-17H,13-14H2,1-3H3. The molecule has 0 N–H and O–H groups in total. The third kappa shape index (κ3) is 4.14. The number of ketones is 1. The molecular formula is C27H25NO4. The molecule has 162 valence electrons. The van der Waals surface area contributed by atoms with Gasteiger partial charge in [0.2, 0.25) is 5.43 Å².